The molecule has 3 N–H and O–H groups in total. The molecule has 27 heavy (non-hydrogen) atoms. The summed E-state index contributed by atoms with van der Waals surface area (Å²) in [6.45, 7) is 6.52. The van der Waals surface area contributed by atoms with Crippen molar-refractivity contribution >= 4 is 35.3 Å². The van der Waals surface area contributed by atoms with Gasteiger partial charge in [-0.3, -0.25) is 0 Å². The molecule has 1 aromatic heterocycles. The van der Waals surface area contributed by atoms with Gasteiger partial charge >= 0.3 is 5.97 Å². The largest absolute Gasteiger partial charge is 0.489 e. The SMILES string of the molecule is CC.CCOC(=O)c1c(N)[nH]c2ccc(OCc3ccccc3)cc12.CS. The molecule has 0 aliphatic rings. The van der Waals surface area contributed by atoms with Crippen LogP contribution in [0.3, 0.4) is 0 Å². The number of anilines is 1. The molecule has 0 spiro atoms. The normalized spacial score (nSPS) is 9.52. The zero-order chi connectivity index (χ0) is 20.2. The number of carbonyl (C=O) groups is 1. The van der Waals surface area contributed by atoms with Gasteiger partial charge in [0.05, 0.1) is 6.61 Å². The highest BCUT2D eigenvalue weighted by Gasteiger charge is 2.18. The van der Waals surface area contributed by atoms with Crippen LogP contribution in [0.1, 0.15) is 36.7 Å². The zero-order valence-corrected chi connectivity index (χ0v) is 17.2. The Morgan fingerprint density at radius 1 is 1.11 bits per heavy atom. The Balaban J connectivity index is 0.000000855. The van der Waals surface area contributed by atoms with Gasteiger partial charge in [0.1, 0.15) is 23.7 Å². The molecule has 0 aliphatic carbocycles. The first-order valence-corrected chi connectivity index (χ1v) is 9.78. The van der Waals surface area contributed by atoms with E-state index in [1.165, 1.54) is 0 Å². The van der Waals surface area contributed by atoms with E-state index in [1.807, 2.05) is 56.3 Å². The Kier molecular flexibility index (Phi) is 9.90. The second-order valence-corrected chi connectivity index (χ2v) is 5.12. The lowest BCUT2D eigenvalue weighted by Gasteiger charge is -2.07. The first-order valence-electron chi connectivity index (χ1n) is 8.88. The molecular formula is C21H28N2O3S. The number of esters is 1. The average Bonchev–Trinajstić information content (AvgIpc) is 3.05. The number of hydrogen-bond donors (Lipinski definition) is 3. The van der Waals surface area contributed by atoms with E-state index in [2.05, 4.69) is 17.6 Å². The van der Waals surface area contributed by atoms with E-state index in [-0.39, 0.29) is 0 Å². The van der Waals surface area contributed by atoms with Gasteiger partial charge in [0.25, 0.3) is 0 Å². The number of thiol groups is 1. The number of fused-ring (bicyclic) bond motifs is 1. The number of aromatic amines is 1. The third kappa shape index (κ3) is 5.96. The number of aromatic nitrogens is 1. The van der Waals surface area contributed by atoms with Crippen LogP contribution >= 0.6 is 12.6 Å². The van der Waals surface area contributed by atoms with Crippen LogP contribution in [0, 0.1) is 0 Å². The van der Waals surface area contributed by atoms with Crippen LogP contribution in [0.2, 0.25) is 0 Å². The van der Waals surface area contributed by atoms with Gasteiger partial charge < -0.3 is 20.2 Å². The monoisotopic (exact) mass is 388 g/mol. The van der Waals surface area contributed by atoms with E-state index < -0.39 is 5.97 Å². The highest BCUT2D eigenvalue weighted by Crippen LogP contribution is 2.29. The summed E-state index contributed by atoms with van der Waals surface area (Å²) in [5, 5.41) is 0.700. The highest BCUT2D eigenvalue weighted by molar-refractivity contribution is 7.79. The van der Waals surface area contributed by atoms with Crippen LogP contribution < -0.4 is 10.5 Å². The van der Waals surface area contributed by atoms with Crippen LogP contribution in [-0.4, -0.2) is 23.8 Å². The fourth-order valence-electron chi connectivity index (χ4n) is 2.45. The summed E-state index contributed by atoms with van der Waals surface area (Å²) < 4.78 is 10.9. The number of H-pyrrole nitrogens is 1. The Morgan fingerprint density at radius 3 is 2.41 bits per heavy atom. The maximum absolute atomic E-state index is 12.1. The molecule has 0 bridgehead atoms. The Hall–Kier alpha value is -2.60. The van der Waals surface area contributed by atoms with Gasteiger partial charge in [0, 0.05) is 10.9 Å². The van der Waals surface area contributed by atoms with Crippen LogP contribution in [0.5, 0.6) is 5.75 Å². The van der Waals surface area contributed by atoms with E-state index in [0.717, 1.165) is 11.1 Å². The van der Waals surface area contributed by atoms with Gasteiger partial charge in [0.2, 0.25) is 0 Å². The van der Waals surface area contributed by atoms with E-state index in [9.17, 15) is 4.79 Å². The zero-order valence-electron chi connectivity index (χ0n) is 16.3. The molecule has 146 valence electrons. The lowest BCUT2D eigenvalue weighted by molar-refractivity contribution is 0.0530. The molecule has 0 atom stereocenters. The summed E-state index contributed by atoms with van der Waals surface area (Å²) in [6, 6.07) is 15.4. The number of hydrogen-bond acceptors (Lipinski definition) is 5. The molecule has 1 heterocycles. The summed E-state index contributed by atoms with van der Waals surface area (Å²) in [7, 11) is 0. The lowest BCUT2D eigenvalue weighted by Crippen LogP contribution is -2.06. The van der Waals surface area contributed by atoms with Crippen molar-refractivity contribution in [3.63, 3.8) is 0 Å². The van der Waals surface area contributed by atoms with Crippen LogP contribution in [0.4, 0.5) is 5.82 Å². The fraction of sp³-hybridized carbons (Fsp3) is 0.286. The summed E-state index contributed by atoms with van der Waals surface area (Å²) >= 11 is 3.53. The van der Waals surface area contributed by atoms with E-state index >= 15 is 0 Å². The lowest BCUT2D eigenvalue weighted by atomic mass is 10.1. The van der Waals surface area contributed by atoms with Gasteiger partial charge in [-0.25, -0.2) is 4.79 Å². The molecule has 3 rings (SSSR count). The fourth-order valence-corrected chi connectivity index (χ4v) is 2.45. The highest BCUT2D eigenvalue weighted by atomic mass is 32.1. The van der Waals surface area contributed by atoms with Crippen molar-refractivity contribution in [2.24, 2.45) is 0 Å². The number of benzene rings is 2. The third-order valence-corrected chi connectivity index (χ3v) is 3.53. The first-order chi connectivity index (χ1) is 13.2. The van der Waals surface area contributed by atoms with Crippen molar-refractivity contribution in [3.8, 4) is 5.75 Å². The maximum Gasteiger partial charge on any atom is 0.342 e. The van der Waals surface area contributed by atoms with Crippen LogP contribution in [-0.2, 0) is 11.3 Å². The van der Waals surface area contributed by atoms with Crippen molar-refractivity contribution in [2.45, 2.75) is 27.4 Å². The van der Waals surface area contributed by atoms with Gasteiger partial charge in [-0.15, -0.1) is 0 Å². The molecule has 0 fully saturated rings. The standard InChI is InChI=1S/C18H18N2O3.C2H6.CH4S/c1-2-22-18(21)16-14-10-13(8-9-15(14)20-17(16)19)23-11-12-6-4-3-5-7-12;2*1-2/h3-10,20H,2,11,19H2,1H3;1-2H3;2H,1H3. The third-order valence-electron chi connectivity index (χ3n) is 3.53. The Bertz CT molecular complexity index is 832. The number of ether oxygens (including phenoxy) is 2. The number of nitrogens with two attached hydrogens (primary N) is 1. The molecular weight excluding hydrogens is 360 g/mol. The molecule has 0 unspecified atom stereocenters. The van der Waals surface area contributed by atoms with Crippen LogP contribution in [0.15, 0.2) is 48.5 Å². The van der Waals surface area contributed by atoms with E-state index in [1.54, 1.807) is 19.2 Å². The van der Waals surface area contributed by atoms with Gasteiger partial charge in [-0.05, 0) is 36.9 Å². The number of carbonyl (C=O) groups excluding carboxylic acids is 1. The molecule has 0 saturated heterocycles. The van der Waals surface area contributed by atoms with Crippen molar-refractivity contribution in [1.82, 2.24) is 4.98 Å². The summed E-state index contributed by atoms with van der Waals surface area (Å²) in [5.41, 5.74) is 8.11. The second-order valence-electron chi connectivity index (χ2n) is 5.12. The topological polar surface area (TPSA) is 77.3 Å². The predicted molar refractivity (Wildman–Crippen MR) is 116 cm³/mol. The predicted octanol–water partition coefficient (Wildman–Crippen LogP) is 5.08. The number of nitrogens with one attached hydrogen (secondary N) is 1. The maximum atomic E-state index is 12.1. The van der Waals surface area contributed by atoms with Crippen molar-refractivity contribution in [1.29, 1.82) is 0 Å². The quantitative estimate of drug-likeness (QED) is 0.421. The van der Waals surface area contributed by atoms with Crippen molar-refractivity contribution in [2.75, 3.05) is 18.6 Å². The minimum Gasteiger partial charge on any atom is -0.489 e. The molecule has 3 aromatic rings. The minimum atomic E-state index is -0.434. The molecule has 0 saturated carbocycles. The summed E-state index contributed by atoms with van der Waals surface area (Å²) in [5.74, 6) is 0.543. The number of nitrogen functional groups attached to an aromatic ring is 1. The Labute approximate surface area is 166 Å². The van der Waals surface area contributed by atoms with Crippen LogP contribution in [0.25, 0.3) is 10.9 Å². The molecule has 0 aliphatic heterocycles. The molecule has 5 nitrogen and oxygen atoms in total. The Morgan fingerprint density at radius 2 is 1.78 bits per heavy atom. The van der Waals surface area contributed by atoms with Crippen molar-refractivity contribution in [3.05, 3.63) is 59.7 Å². The molecule has 0 amide bonds. The van der Waals surface area contributed by atoms with Gasteiger partial charge in [-0.2, -0.15) is 12.6 Å². The van der Waals surface area contributed by atoms with Crippen molar-refractivity contribution < 1.29 is 14.3 Å². The average molecular weight is 389 g/mol. The van der Waals surface area contributed by atoms with E-state index in [0.29, 0.717) is 35.7 Å². The first kappa shape index (κ1) is 22.4. The van der Waals surface area contributed by atoms with E-state index in [4.69, 9.17) is 15.2 Å². The molecule has 6 heteroatoms. The summed E-state index contributed by atoms with van der Waals surface area (Å²) in [4.78, 5) is 15.1. The van der Waals surface area contributed by atoms with Gasteiger partial charge in [0.15, 0.2) is 0 Å². The minimum absolute atomic E-state index is 0.301. The summed E-state index contributed by atoms with van der Waals surface area (Å²) in [6.07, 6.45) is 1.69. The number of rotatable bonds is 5. The second kappa shape index (κ2) is 11.9. The smallest absolute Gasteiger partial charge is 0.342 e. The molecule has 0 radical (unpaired) electrons. The van der Waals surface area contributed by atoms with Gasteiger partial charge in [-0.1, -0.05) is 44.2 Å². The molecule has 2 aromatic carbocycles.